The van der Waals surface area contributed by atoms with Gasteiger partial charge in [0.15, 0.2) is 5.15 Å². The molecule has 3 rings (SSSR count). The van der Waals surface area contributed by atoms with Gasteiger partial charge in [-0.05, 0) is 24.3 Å². The molecule has 0 saturated heterocycles. The minimum Gasteiger partial charge on any atom is -0.352 e. The van der Waals surface area contributed by atoms with Crippen molar-refractivity contribution in [1.82, 2.24) is 15.0 Å². The minimum absolute atomic E-state index is 0.484. The molecule has 0 amide bonds. The molecule has 0 aliphatic heterocycles. The Labute approximate surface area is 153 Å². The summed E-state index contributed by atoms with van der Waals surface area (Å²) in [7, 11) is 1.99. The average molecular weight is 365 g/mol. The van der Waals surface area contributed by atoms with E-state index in [2.05, 4.69) is 21.0 Å². The van der Waals surface area contributed by atoms with E-state index in [9.17, 15) is 0 Å². The number of nitrogens with one attached hydrogen (secondary N) is 1. The molecule has 0 saturated carbocycles. The highest BCUT2D eigenvalue weighted by molar-refractivity contribution is 7.99. The van der Waals surface area contributed by atoms with Crippen molar-refractivity contribution in [3.8, 4) is 11.3 Å². The van der Waals surface area contributed by atoms with Crippen LogP contribution in [-0.4, -0.2) is 28.3 Å². The summed E-state index contributed by atoms with van der Waals surface area (Å²) in [5.74, 6) is 0.913. The molecule has 0 aliphatic rings. The largest absolute Gasteiger partial charge is 0.352 e. The lowest BCUT2D eigenvalue weighted by Gasteiger charge is -2.17. The van der Waals surface area contributed by atoms with Crippen LogP contribution in [0.3, 0.4) is 0 Å². The van der Waals surface area contributed by atoms with Gasteiger partial charge in [0, 0.05) is 36.6 Å². The normalized spacial score (nSPS) is 9.62. The van der Waals surface area contributed by atoms with E-state index < -0.39 is 0 Å². The summed E-state index contributed by atoms with van der Waals surface area (Å²) in [5, 5.41) is 1.53. The van der Waals surface area contributed by atoms with Crippen molar-refractivity contribution in [3.05, 3.63) is 41.8 Å². The first-order valence-electron chi connectivity index (χ1n) is 8.07. The lowest BCUT2D eigenvalue weighted by atomic mass is 10.2. The van der Waals surface area contributed by atoms with Crippen LogP contribution in [-0.2, 0) is 0 Å². The quantitative estimate of drug-likeness (QED) is 0.454. The van der Waals surface area contributed by atoms with Crippen LogP contribution >= 0.6 is 23.5 Å². The molecule has 3 aromatic rings. The highest BCUT2D eigenvalue weighted by Crippen LogP contribution is 2.33. The summed E-state index contributed by atoms with van der Waals surface area (Å²) < 4.78 is 2.03. The number of hydrogen-bond acceptors (Lipinski definition) is 4. The molecule has 130 valence electrons. The van der Waals surface area contributed by atoms with Crippen LogP contribution in [0.5, 0.6) is 0 Å². The second kappa shape index (κ2) is 10.2. The number of rotatable bonds is 3. The molecule has 0 spiro atoms. The first kappa shape index (κ1) is 20.3. The number of fused-ring (bicyclic) bond motifs is 1. The predicted octanol–water partition coefficient (Wildman–Crippen LogP) is 6.04. The molecule has 0 atom stereocenters. The second-order valence-corrected chi connectivity index (χ2v) is 5.57. The van der Waals surface area contributed by atoms with Gasteiger partial charge in [0.1, 0.15) is 5.82 Å². The third kappa shape index (κ3) is 4.42. The average Bonchev–Trinajstić information content (AvgIpc) is 3.10. The summed E-state index contributed by atoms with van der Waals surface area (Å²) in [6.07, 6.45) is 5.52. The molecule has 3 aromatic heterocycles. The molecule has 0 unspecified atom stereocenters. The first-order chi connectivity index (χ1) is 11.7. The van der Waals surface area contributed by atoms with Gasteiger partial charge in [-0.1, -0.05) is 51.2 Å². The lowest BCUT2D eigenvalue weighted by Crippen LogP contribution is -2.08. The molecule has 0 fully saturated rings. The van der Waals surface area contributed by atoms with Gasteiger partial charge in [-0.15, -0.1) is 0 Å². The Morgan fingerprint density at radius 2 is 1.79 bits per heavy atom. The van der Waals surface area contributed by atoms with Crippen molar-refractivity contribution in [3.63, 3.8) is 0 Å². The van der Waals surface area contributed by atoms with E-state index in [0.29, 0.717) is 5.15 Å². The number of pyridine rings is 2. The van der Waals surface area contributed by atoms with Gasteiger partial charge in [-0.25, -0.2) is 9.97 Å². The van der Waals surface area contributed by atoms with Gasteiger partial charge in [0.25, 0.3) is 0 Å². The topological polar surface area (TPSA) is 44.8 Å². The fourth-order valence-corrected chi connectivity index (χ4v) is 2.64. The standard InChI is InChI=1S/C14H13ClN4S.2C2H6/c1-19(20-2)14-10(4-3-6-17-14)11-8-9-5-7-16-13(15)12(9)18-11;2*1-2/h3-8,18H,1-2H3;2*1-2H3. The van der Waals surface area contributed by atoms with Crippen LogP contribution in [0.4, 0.5) is 5.82 Å². The number of aromatic amines is 1. The lowest BCUT2D eigenvalue weighted by molar-refractivity contribution is 1.21. The van der Waals surface area contributed by atoms with Crippen LogP contribution in [0.25, 0.3) is 22.2 Å². The third-order valence-electron chi connectivity index (χ3n) is 3.15. The zero-order valence-corrected chi connectivity index (χ0v) is 16.7. The molecular formula is C18H25ClN4S. The van der Waals surface area contributed by atoms with Crippen molar-refractivity contribution in [2.75, 3.05) is 17.6 Å². The molecule has 0 bridgehead atoms. The predicted molar refractivity (Wildman–Crippen MR) is 109 cm³/mol. The van der Waals surface area contributed by atoms with Crippen LogP contribution in [0, 0.1) is 0 Å². The fourth-order valence-electron chi connectivity index (χ4n) is 2.11. The monoisotopic (exact) mass is 364 g/mol. The van der Waals surface area contributed by atoms with Crippen molar-refractivity contribution < 1.29 is 0 Å². The first-order valence-corrected chi connectivity index (χ1v) is 9.63. The summed E-state index contributed by atoms with van der Waals surface area (Å²) in [5.41, 5.74) is 2.88. The van der Waals surface area contributed by atoms with Gasteiger partial charge < -0.3 is 9.29 Å². The summed E-state index contributed by atoms with van der Waals surface area (Å²) in [6, 6.07) is 7.98. The van der Waals surface area contributed by atoms with E-state index in [-0.39, 0.29) is 0 Å². The summed E-state index contributed by atoms with van der Waals surface area (Å²) in [4.78, 5) is 11.9. The Hall–Kier alpha value is -1.72. The van der Waals surface area contributed by atoms with Gasteiger partial charge in [0.05, 0.1) is 11.2 Å². The van der Waals surface area contributed by atoms with Gasteiger partial charge in [-0.3, -0.25) is 0 Å². The van der Waals surface area contributed by atoms with Gasteiger partial charge in [-0.2, -0.15) is 0 Å². The minimum atomic E-state index is 0.484. The molecule has 0 aromatic carbocycles. The van der Waals surface area contributed by atoms with E-state index >= 15 is 0 Å². The van der Waals surface area contributed by atoms with Crippen molar-refractivity contribution in [2.24, 2.45) is 0 Å². The summed E-state index contributed by atoms with van der Waals surface area (Å²) >= 11 is 7.73. The van der Waals surface area contributed by atoms with E-state index in [1.165, 1.54) is 0 Å². The number of hydrogen-bond donors (Lipinski definition) is 1. The number of anilines is 1. The second-order valence-electron chi connectivity index (χ2n) is 4.30. The Kier molecular flexibility index (Phi) is 8.65. The van der Waals surface area contributed by atoms with E-state index in [1.807, 2.05) is 63.5 Å². The maximum absolute atomic E-state index is 6.11. The molecule has 6 heteroatoms. The van der Waals surface area contributed by atoms with Crippen LogP contribution in [0.1, 0.15) is 27.7 Å². The van der Waals surface area contributed by atoms with E-state index in [1.54, 1.807) is 24.3 Å². The SMILES string of the molecule is CC.CC.CSN(C)c1ncccc1-c1cc2ccnc(Cl)c2[nH]1. The molecule has 3 heterocycles. The Morgan fingerprint density at radius 1 is 1.08 bits per heavy atom. The highest BCUT2D eigenvalue weighted by Gasteiger charge is 2.13. The van der Waals surface area contributed by atoms with E-state index in [4.69, 9.17) is 11.6 Å². The molecule has 0 aliphatic carbocycles. The fraction of sp³-hybridized carbons (Fsp3) is 0.333. The Balaban J connectivity index is 0.000000671. The van der Waals surface area contributed by atoms with Gasteiger partial charge in [0.2, 0.25) is 0 Å². The van der Waals surface area contributed by atoms with E-state index in [0.717, 1.165) is 28.0 Å². The van der Waals surface area contributed by atoms with Crippen molar-refractivity contribution >= 4 is 40.3 Å². The van der Waals surface area contributed by atoms with Crippen LogP contribution < -0.4 is 4.31 Å². The Bertz CT molecular complexity index is 758. The van der Waals surface area contributed by atoms with Crippen molar-refractivity contribution in [1.29, 1.82) is 0 Å². The zero-order chi connectivity index (χ0) is 18.1. The third-order valence-corrected chi connectivity index (χ3v) is 4.15. The maximum atomic E-state index is 6.11. The molecule has 0 radical (unpaired) electrons. The number of halogens is 1. The molecule has 4 nitrogen and oxygen atoms in total. The van der Waals surface area contributed by atoms with Crippen LogP contribution in [0.15, 0.2) is 36.7 Å². The van der Waals surface area contributed by atoms with Gasteiger partial charge >= 0.3 is 0 Å². The van der Waals surface area contributed by atoms with Crippen molar-refractivity contribution in [2.45, 2.75) is 27.7 Å². The molecular weight excluding hydrogens is 340 g/mol. The molecule has 24 heavy (non-hydrogen) atoms. The number of nitrogens with zero attached hydrogens (tertiary/aromatic N) is 3. The summed E-state index contributed by atoms with van der Waals surface area (Å²) in [6.45, 7) is 8.00. The number of H-pyrrole nitrogens is 1. The molecule has 1 N–H and O–H groups in total. The van der Waals surface area contributed by atoms with Crippen LogP contribution in [0.2, 0.25) is 5.15 Å². The smallest absolute Gasteiger partial charge is 0.153 e. The number of aromatic nitrogens is 3. The highest BCUT2D eigenvalue weighted by atomic mass is 35.5. The zero-order valence-electron chi connectivity index (χ0n) is 15.1. The maximum Gasteiger partial charge on any atom is 0.153 e. The Morgan fingerprint density at radius 3 is 2.42 bits per heavy atom.